The van der Waals surface area contributed by atoms with E-state index in [2.05, 4.69) is 4.98 Å². The van der Waals surface area contributed by atoms with Gasteiger partial charge in [0.05, 0.1) is 11.3 Å². The minimum Gasteiger partial charge on any atom is -0.485 e. The molecule has 3 aromatic rings. The number of imidazole rings is 1. The van der Waals surface area contributed by atoms with Crippen LogP contribution in [-0.4, -0.2) is 20.5 Å². The van der Waals surface area contributed by atoms with Gasteiger partial charge in [0.25, 0.3) is 0 Å². The molecule has 4 rings (SSSR count). The molecule has 1 aromatic carbocycles. The van der Waals surface area contributed by atoms with E-state index in [1.807, 2.05) is 0 Å². The highest BCUT2D eigenvalue weighted by molar-refractivity contribution is 5.88. The molecule has 1 saturated carbocycles. The van der Waals surface area contributed by atoms with E-state index in [4.69, 9.17) is 4.74 Å². The number of halogens is 2. The van der Waals surface area contributed by atoms with Gasteiger partial charge in [0.2, 0.25) is 0 Å². The molecule has 1 aliphatic rings. The standard InChI is InChI=1S/C19H16F2N2O3/c1-10-17(19(24)25)23-8-12(11-5-6-11)7-16(18(23)22-10)26-9-13-14(20)3-2-4-15(13)21/h2-4,7-8,11H,5-6,9H2,1H3,(H,24,25). The van der Waals surface area contributed by atoms with Crippen LogP contribution in [0.25, 0.3) is 5.65 Å². The summed E-state index contributed by atoms with van der Waals surface area (Å²) in [6, 6.07) is 5.40. The number of fused-ring (bicyclic) bond motifs is 1. The van der Waals surface area contributed by atoms with Crippen molar-refractivity contribution in [3.63, 3.8) is 0 Å². The fourth-order valence-electron chi connectivity index (χ4n) is 3.07. The Labute approximate surface area is 147 Å². The first kappa shape index (κ1) is 16.5. The molecule has 1 N–H and O–H groups in total. The van der Waals surface area contributed by atoms with Crippen molar-refractivity contribution >= 4 is 11.6 Å². The Balaban J connectivity index is 1.78. The lowest BCUT2D eigenvalue weighted by atomic mass is 10.2. The number of hydrogen-bond acceptors (Lipinski definition) is 3. The van der Waals surface area contributed by atoms with Gasteiger partial charge >= 0.3 is 5.97 Å². The first-order valence-electron chi connectivity index (χ1n) is 8.27. The normalized spacial score (nSPS) is 14.0. The van der Waals surface area contributed by atoms with E-state index in [0.29, 0.717) is 23.0 Å². The third-order valence-corrected chi connectivity index (χ3v) is 4.57. The lowest BCUT2D eigenvalue weighted by Gasteiger charge is -2.11. The molecule has 26 heavy (non-hydrogen) atoms. The molecule has 2 aromatic heterocycles. The fourth-order valence-corrected chi connectivity index (χ4v) is 3.07. The van der Waals surface area contributed by atoms with E-state index in [0.717, 1.165) is 18.4 Å². The van der Waals surface area contributed by atoms with Gasteiger partial charge in [-0.1, -0.05) is 6.07 Å². The minimum atomic E-state index is -1.09. The van der Waals surface area contributed by atoms with Gasteiger partial charge in [-0.2, -0.15) is 0 Å². The topological polar surface area (TPSA) is 63.8 Å². The highest BCUT2D eigenvalue weighted by Crippen LogP contribution is 2.42. The second-order valence-electron chi connectivity index (χ2n) is 6.45. The monoisotopic (exact) mass is 358 g/mol. The Morgan fingerprint density at radius 3 is 2.65 bits per heavy atom. The maximum absolute atomic E-state index is 13.8. The molecule has 1 fully saturated rings. The van der Waals surface area contributed by atoms with E-state index in [1.54, 1.807) is 19.2 Å². The number of carbonyl (C=O) groups is 1. The third-order valence-electron chi connectivity index (χ3n) is 4.57. The van der Waals surface area contributed by atoms with Crippen molar-refractivity contribution in [3.05, 3.63) is 64.6 Å². The van der Waals surface area contributed by atoms with Crippen LogP contribution in [0, 0.1) is 18.6 Å². The van der Waals surface area contributed by atoms with Crippen LogP contribution in [0.15, 0.2) is 30.5 Å². The molecule has 5 nitrogen and oxygen atoms in total. The molecule has 0 unspecified atom stereocenters. The highest BCUT2D eigenvalue weighted by Gasteiger charge is 2.27. The van der Waals surface area contributed by atoms with Gasteiger partial charge in [-0.25, -0.2) is 18.6 Å². The zero-order valence-electron chi connectivity index (χ0n) is 14.0. The number of nitrogens with zero attached hydrogens (tertiary/aromatic N) is 2. The first-order valence-corrected chi connectivity index (χ1v) is 8.27. The summed E-state index contributed by atoms with van der Waals surface area (Å²) in [5, 5.41) is 9.47. The van der Waals surface area contributed by atoms with Crippen LogP contribution in [0.3, 0.4) is 0 Å². The van der Waals surface area contributed by atoms with E-state index in [1.165, 1.54) is 22.6 Å². The second-order valence-corrected chi connectivity index (χ2v) is 6.45. The van der Waals surface area contributed by atoms with Crippen LogP contribution >= 0.6 is 0 Å². The van der Waals surface area contributed by atoms with Gasteiger partial charge < -0.3 is 9.84 Å². The van der Waals surface area contributed by atoms with Crippen LogP contribution in [0.5, 0.6) is 5.75 Å². The number of carboxylic acids is 1. The van der Waals surface area contributed by atoms with Crippen LogP contribution in [-0.2, 0) is 6.61 Å². The summed E-state index contributed by atoms with van der Waals surface area (Å²) in [5.41, 5.74) is 1.49. The Kier molecular flexibility index (Phi) is 3.86. The van der Waals surface area contributed by atoms with Crippen LogP contribution in [0.1, 0.15) is 46.1 Å². The zero-order chi connectivity index (χ0) is 18.4. The number of benzene rings is 1. The molecule has 0 bridgehead atoms. The van der Waals surface area contributed by atoms with Crippen molar-refractivity contribution in [3.8, 4) is 5.75 Å². The summed E-state index contributed by atoms with van der Waals surface area (Å²) >= 11 is 0. The molecule has 1 aliphatic carbocycles. The number of pyridine rings is 1. The Bertz CT molecular complexity index is 1010. The number of aryl methyl sites for hydroxylation is 1. The summed E-state index contributed by atoms with van der Waals surface area (Å²) in [4.78, 5) is 15.9. The largest absolute Gasteiger partial charge is 0.485 e. The minimum absolute atomic E-state index is 0.0597. The van der Waals surface area contributed by atoms with Gasteiger partial charge in [0.15, 0.2) is 17.1 Å². The van der Waals surface area contributed by atoms with Crippen molar-refractivity contribution in [1.82, 2.24) is 9.38 Å². The summed E-state index contributed by atoms with van der Waals surface area (Å²) in [5.74, 6) is -1.81. The molecule has 0 radical (unpaired) electrons. The Morgan fingerprint density at radius 2 is 2.04 bits per heavy atom. The van der Waals surface area contributed by atoms with Crippen LogP contribution < -0.4 is 4.74 Å². The average Bonchev–Trinajstić information content (AvgIpc) is 3.36. The van der Waals surface area contributed by atoms with E-state index in [-0.39, 0.29) is 17.9 Å². The SMILES string of the molecule is Cc1nc2c(OCc3c(F)cccc3F)cc(C3CC3)cn2c1C(=O)O. The maximum Gasteiger partial charge on any atom is 0.354 e. The first-order chi connectivity index (χ1) is 12.5. The summed E-state index contributed by atoms with van der Waals surface area (Å²) in [6.45, 7) is 1.30. The second kappa shape index (κ2) is 6.09. The number of hydrogen-bond donors (Lipinski definition) is 1. The molecule has 0 saturated heterocycles. The van der Waals surface area contributed by atoms with Crippen molar-refractivity contribution in [2.45, 2.75) is 32.3 Å². The van der Waals surface area contributed by atoms with E-state index >= 15 is 0 Å². The predicted molar refractivity (Wildman–Crippen MR) is 89.6 cm³/mol. The smallest absolute Gasteiger partial charge is 0.354 e. The number of aromatic carboxylic acids is 1. The Morgan fingerprint density at radius 1 is 1.35 bits per heavy atom. The maximum atomic E-state index is 13.8. The molecule has 2 heterocycles. The quantitative estimate of drug-likeness (QED) is 0.747. The van der Waals surface area contributed by atoms with E-state index < -0.39 is 17.6 Å². The van der Waals surface area contributed by atoms with Gasteiger partial charge in [0, 0.05) is 6.20 Å². The van der Waals surface area contributed by atoms with Gasteiger partial charge in [-0.3, -0.25) is 4.40 Å². The fraction of sp³-hybridized carbons (Fsp3) is 0.263. The summed E-state index contributed by atoms with van der Waals surface area (Å²) in [6.07, 6.45) is 3.79. The molecule has 134 valence electrons. The average molecular weight is 358 g/mol. The molecule has 0 aliphatic heterocycles. The predicted octanol–water partition coefficient (Wildman–Crippen LogP) is 4.08. The summed E-state index contributed by atoms with van der Waals surface area (Å²) in [7, 11) is 0. The third kappa shape index (κ3) is 2.79. The number of aromatic nitrogens is 2. The molecule has 0 atom stereocenters. The van der Waals surface area contributed by atoms with Crippen LogP contribution in [0.4, 0.5) is 8.78 Å². The lowest BCUT2D eigenvalue weighted by Crippen LogP contribution is -2.06. The highest BCUT2D eigenvalue weighted by atomic mass is 19.1. The number of rotatable bonds is 5. The Hall–Kier alpha value is -2.96. The van der Waals surface area contributed by atoms with Crippen molar-refractivity contribution in [2.75, 3.05) is 0 Å². The molecule has 0 spiro atoms. The van der Waals surface area contributed by atoms with Crippen molar-refractivity contribution in [1.29, 1.82) is 0 Å². The van der Waals surface area contributed by atoms with Crippen molar-refractivity contribution < 1.29 is 23.4 Å². The van der Waals surface area contributed by atoms with Crippen molar-refractivity contribution in [2.24, 2.45) is 0 Å². The molecule has 7 heteroatoms. The van der Waals surface area contributed by atoms with Gasteiger partial charge in [0.1, 0.15) is 18.2 Å². The molecule has 0 amide bonds. The van der Waals surface area contributed by atoms with Crippen LogP contribution in [0.2, 0.25) is 0 Å². The summed E-state index contributed by atoms with van der Waals surface area (Å²) < 4.78 is 34.8. The van der Waals surface area contributed by atoms with Gasteiger partial charge in [-0.05, 0) is 49.4 Å². The molecular formula is C19H16F2N2O3. The van der Waals surface area contributed by atoms with Gasteiger partial charge in [-0.15, -0.1) is 0 Å². The molecular weight excluding hydrogens is 342 g/mol. The zero-order valence-corrected chi connectivity index (χ0v) is 14.0. The number of ether oxygens (including phenoxy) is 1. The van der Waals surface area contributed by atoms with E-state index in [9.17, 15) is 18.7 Å². The number of carboxylic acid groups (broad SMARTS) is 1. The lowest BCUT2D eigenvalue weighted by molar-refractivity contribution is 0.0688.